The van der Waals surface area contributed by atoms with Crippen LogP contribution in [0.5, 0.6) is 0 Å². The van der Waals surface area contributed by atoms with Crippen molar-refractivity contribution in [2.45, 2.75) is 25.2 Å². The van der Waals surface area contributed by atoms with Gasteiger partial charge < -0.3 is 15.2 Å². The van der Waals surface area contributed by atoms with Crippen molar-refractivity contribution in [1.29, 1.82) is 0 Å². The summed E-state index contributed by atoms with van der Waals surface area (Å²) in [4.78, 5) is 0. The molecule has 0 aliphatic carbocycles. The Hall–Kier alpha value is -0.560. The molecule has 0 bridgehead atoms. The van der Waals surface area contributed by atoms with E-state index in [2.05, 4.69) is 5.92 Å². The molecular formula is C8H13NO2. The molecule has 0 radical (unpaired) electrons. The lowest BCUT2D eigenvalue weighted by Crippen LogP contribution is -2.56. The first-order valence-corrected chi connectivity index (χ1v) is 3.52. The molecule has 1 saturated heterocycles. The average Bonchev–Trinajstić information content (AvgIpc) is 1.97. The molecule has 0 aromatic carbocycles. The molecule has 0 aromatic heterocycles. The number of hydrogen-bond acceptors (Lipinski definition) is 3. The fourth-order valence-electron chi connectivity index (χ4n) is 0.772. The van der Waals surface area contributed by atoms with Gasteiger partial charge in [0.25, 0.3) is 0 Å². The van der Waals surface area contributed by atoms with Gasteiger partial charge in [0.2, 0.25) is 0 Å². The highest BCUT2D eigenvalue weighted by atomic mass is 16.7. The minimum atomic E-state index is -0.741. The molecule has 1 aliphatic rings. The lowest BCUT2D eigenvalue weighted by atomic mass is 10.0. The first-order valence-electron chi connectivity index (χ1n) is 3.52. The lowest BCUT2D eigenvalue weighted by molar-refractivity contribution is -0.259. The fraction of sp³-hybridized carbons (Fsp3) is 0.750. The van der Waals surface area contributed by atoms with E-state index in [1.54, 1.807) is 0 Å². The van der Waals surface area contributed by atoms with Crippen LogP contribution in [0.1, 0.15) is 13.8 Å². The summed E-state index contributed by atoms with van der Waals surface area (Å²) in [7, 11) is 0. The van der Waals surface area contributed by atoms with Gasteiger partial charge in [0.15, 0.2) is 5.79 Å². The van der Waals surface area contributed by atoms with Gasteiger partial charge >= 0.3 is 0 Å². The molecule has 0 amide bonds. The number of ether oxygens (including phenoxy) is 2. The molecule has 1 rings (SSSR count). The highest BCUT2D eigenvalue weighted by Crippen LogP contribution is 2.20. The molecular weight excluding hydrogens is 142 g/mol. The quantitative estimate of drug-likeness (QED) is 0.504. The molecule has 0 aromatic rings. The van der Waals surface area contributed by atoms with Crippen molar-refractivity contribution in [3.63, 3.8) is 0 Å². The SMILES string of the molecule is C#CC1(N)COC(C)(C)OC1. The Labute approximate surface area is 66.9 Å². The molecule has 0 spiro atoms. The number of nitrogens with two attached hydrogens (primary N) is 1. The van der Waals surface area contributed by atoms with E-state index in [0.29, 0.717) is 13.2 Å². The average molecular weight is 155 g/mol. The van der Waals surface area contributed by atoms with Crippen molar-refractivity contribution in [2.24, 2.45) is 5.73 Å². The third-order valence-electron chi connectivity index (χ3n) is 1.64. The molecule has 0 saturated carbocycles. The van der Waals surface area contributed by atoms with Crippen LogP contribution in [-0.2, 0) is 9.47 Å². The summed E-state index contributed by atoms with van der Waals surface area (Å²) in [5.41, 5.74) is 4.95. The van der Waals surface area contributed by atoms with E-state index in [-0.39, 0.29) is 0 Å². The van der Waals surface area contributed by atoms with Gasteiger partial charge in [-0.3, -0.25) is 0 Å². The van der Waals surface area contributed by atoms with Crippen LogP contribution in [0.3, 0.4) is 0 Å². The van der Waals surface area contributed by atoms with Crippen LogP contribution >= 0.6 is 0 Å². The largest absolute Gasteiger partial charge is 0.347 e. The molecule has 3 nitrogen and oxygen atoms in total. The van der Waals surface area contributed by atoms with Crippen LogP contribution in [0.4, 0.5) is 0 Å². The summed E-state index contributed by atoms with van der Waals surface area (Å²) in [6, 6.07) is 0. The van der Waals surface area contributed by atoms with Crippen LogP contribution in [-0.4, -0.2) is 24.5 Å². The van der Waals surface area contributed by atoms with E-state index >= 15 is 0 Å². The van der Waals surface area contributed by atoms with Crippen molar-refractivity contribution in [3.05, 3.63) is 0 Å². The van der Waals surface area contributed by atoms with Crippen LogP contribution in [0.25, 0.3) is 0 Å². The summed E-state index contributed by atoms with van der Waals surface area (Å²) in [5, 5.41) is 0. The number of hydrogen-bond donors (Lipinski definition) is 1. The third kappa shape index (κ3) is 1.93. The Balaban J connectivity index is 2.56. The third-order valence-corrected chi connectivity index (χ3v) is 1.64. The standard InChI is InChI=1S/C8H13NO2/c1-4-8(9)5-10-7(2,3)11-6-8/h1H,5-6,9H2,2-3H3. The number of rotatable bonds is 0. The second-order valence-electron chi connectivity index (χ2n) is 3.28. The molecule has 3 heteroatoms. The molecule has 1 aliphatic heterocycles. The Morgan fingerprint density at radius 1 is 1.36 bits per heavy atom. The van der Waals surface area contributed by atoms with E-state index in [1.807, 2.05) is 13.8 Å². The van der Waals surface area contributed by atoms with Gasteiger partial charge in [-0.15, -0.1) is 6.42 Å². The van der Waals surface area contributed by atoms with Gasteiger partial charge in [-0.1, -0.05) is 5.92 Å². The monoisotopic (exact) mass is 155 g/mol. The summed E-state index contributed by atoms with van der Waals surface area (Å²) in [5.74, 6) is 1.90. The molecule has 1 fully saturated rings. The van der Waals surface area contributed by atoms with Gasteiger partial charge in [0.05, 0.1) is 13.2 Å². The molecule has 2 N–H and O–H groups in total. The first-order chi connectivity index (χ1) is 4.97. The normalized spacial score (nSPS) is 27.5. The van der Waals surface area contributed by atoms with E-state index < -0.39 is 11.3 Å². The van der Waals surface area contributed by atoms with Crippen molar-refractivity contribution >= 4 is 0 Å². The Morgan fingerprint density at radius 2 is 1.82 bits per heavy atom. The van der Waals surface area contributed by atoms with Crippen molar-refractivity contribution in [2.75, 3.05) is 13.2 Å². The maximum Gasteiger partial charge on any atom is 0.163 e. The molecule has 11 heavy (non-hydrogen) atoms. The minimum Gasteiger partial charge on any atom is -0.347 e. The summed E-state index contributed by atoms with van der Waals surface area (Å²) in [6.45, 7) is 4.39. The van der Waals surface area contributed by atoms with Gasteiger partial charge in [0, 0.05) is 0 Å². The molecule has 1 heterocycles. The second-order valence-corrected chi connectivity index (χ2v) is 3.28. The Bertz CT molecular complexity index is 183. The highest BCUT2D eigenvalue weighted by molar-refractivity contribution is 5.12. The zero-order chi connectivity index (χ0) is 8.54. The van der Waals surface area contributed by atoms with Crippen LogP contribution in [0, 0.1) is 12.3 Å². The van der Waals surface area contributed by atoms with E-state index in [0.717, 1.165) is 0 Å². The predicted molar refractivity (Wildman–Crippen MR) is 41.7 cm³/mol. The Kier molecular flexibility index (Phi) is 1.93. The van der Waals surface area contributed by atoms with Crippen LogP contribution < -0.4 is 5.73 Å². The maximum absolute atomic E-state index is 5.69. The van der Waals surface area contributed by atoms with Gasteiger partial charge in [0.1, 0.15) is 5.54 Å². The minimum absolute atomic E-state index is 0.358. The fourth-order valence-corrected chi connectivity index (χ4v) is 0.772. The van der Waals surface area contributed by atoms with Crippen molar-refractivity contribution in [1.82, 2.24) is 0 Å². The number of terminal acetylenes is 1. The van der Waals surface area contributed by atoms with Crippen LogP contribution in [0.2, 0.25) is 0 Å². The maximum atomic E-state index is 5.69. The predicted octanol–water partition coefficient (Wildman–Crippen LogP) is 0.1000. The van der Waals surface area contributed by atoms with E-state index in [1.165, 1.54) is 0 Å². The molecule has 0 atom stereocenters. The zero-order valence-corrected chi connectivity index (χ0v) is 6.89. The first kappa shape index (κ1) is 8.54. The van der Waals surface area contributed by atoms with E-state index in [9.17, 15) is 0 Å². The van der Waals surface area contributed by atoms with Crippen molar-refractivity contribution < 1.29 is 9.47 Å². The van der Waals surface area contributed by atoms with Gasteiger partial charge in [-0.05, 0) is 13.8 Å². The van der Waals surface area contributed by atoms with Gasteiger partial charge in [-0.2, -0.15) is 0 Å². The summed E-state index contributed by atoms with van der Waals surface area (Å²) >= 11 is 0. The second kappa shape index (κ2) is 2.49. The lowest BCUT2D eigenvalue weighted by Gasteiger charge is -2.38. The topological polar surface area (TPSA) is 44.5 Å². The van der Waals surface area contributed by atoms with E-state index in [4.69, 9.17) is 21.6 Å². The van der Waals surface area contributed by atoms with Gasteiger partial charge in [-0.25, -0.2) is 0 Å². The zero-order valence-electron chi connectivity index (χ0n) is 6.89. The summed E-state index contributed by atoms with van der Waals surface area (Å²) in [6.07, 6.45) is 5.19. The molecule has 62 valence electrons. The van der Waals surface area contributed by atoms with Crippen LogP contribution in [0.15, 0.2) is 0 Å². The summed E-state index contributed by atoms with van der Waals surface area (Å²) < 4.78 is 10.6. The molecule has 0 unspecified atom stereocenters. The van der Waals surface area contributed by atoms with Crippen molar-refractivity contribution in [3.8, 4) is 12.3 Å². The smallest absolute Gasteiger partial charge is 0.163 e. The highest BCUT2D eigenvalue weighted by Gasteiger charge is 2.35. The Morgan fingerprint density at radius 3 is 2.18 bits per heavy atom.